The lowest BCUT2D eigenvalue weighted by atomic mass is 9.73. The number of benzene rings is 1. The summed E-state index contributed by atoms with van der Waals surface area (Å²) >= 11 is 3.51. The molecule has 0 aliphatic heterocycles. The van der Waals surface area contributed by atoms with Gasteiger partial charge in [-0.2, -0.15) is 0 Å². The second kappa shape index (κ2) is 7.09. The molecule has 20 heavy (non-hydrogen) atoms. The minimum absolute atomic E-state index is 0.430. The first-order valence-corrected chi connectivity index (χ1v) is 8.78. The van der Waals surface area contributed by atoms with Gasteiger partial charge in [0.25, 0.3) is 0 Å². The van der Waals surface area contributed by atoms with Crippen LogP contribution in [0.3, 0.4) is 0 Å². The van der Waals surface area contributed by atoms with Crippen molar-refractivity contribution in [3.8, 4) is 0 Å². The van der Waals surface area contributed by atoms with E-state index in [1.165, 1.54) is 24.8 Å². The summed E-state index contributed by atoms with van der Waals surface area (Å²) in [6.45, 7) is 9.44. The van der Waals surface area contributed by atoms with Gasteiger partial charge < -0.3 is 5.32 Å². The monoisotopic (exact) mass is 337 g/mol. The van der Waals surface area contributed by atoms with Crippen molar-refractivity contribution in [2.24, 2.45) is 17.8 Å². The van der Waals surface area contributed by atoms with Crippen molar-refractivity contribution in [1.82, 2.24) is 5.32 Å². The van der Waals surface area contributed by atoms with Gasteiger partial charge >= 0.3 is 0 Å². The van der Waals surface area contributed by atoms with Crippen molar-refractivity contribution in [2.75, 3.05) is 0 Å². The van der Waals surface area contributed by atoms with Crippen LogP contribution in [-0.4, -0.2) is 6.04 Å². The lowest BCUT2D eigenvalue weighted by Crippen LogP contribution is -2.43. The van der Waals surface area contributed by atoms with Crippen LogP contribution in [0.2, 0.25) is 0 Å². The van der Waals surface area contributed by atoms with Gasteiger partial charge in [-0.3, -0.25) is 0 Å². The van der Waals surface area contributed by atoms with Gasteiger partial charge in [0.15, 0.2) is 0 Å². The van der Waals surface area contributed by atoms with Crippen molar-refractivity contribution in [2.45, 2.75) is 59.0 Å². The Bertz CT molecular complexity index is 412. The standard InChI is InChI=1S/C18H28BrN/c1-12(2)17-10-5-13(3)11-18(17)20-14(4)15-6-8-16(19)9-7-15/h6-9,12-14,17-18,20H,5,10-11H2,1-4H3/t13?,14-,17?,18?/m1/s1. The largest absolute Gasteiger partial charge is 0.307 e. The smallest absolute Gasteiger partial charge is 0.0294 e. The Balaban J connectivity index is 2.03. The fraction of sp³-hybridized carbons (Fsp3) is 0.667. The highest BCUT2D eigenvalue weighted by atomic mass is 79.9. The van der Waals surface area contributed by atoms with Crippen LogP contribution in [0.1, 0.15) is 58.6 Å². The molecule has 1 aliphatic carbocycles. The second-order valence-corrected chi connectivity index (χ2v) is 7.79. The lowest BCUT2D eigenvalue weighted by Gasteiger charge is -2.39. The molecule has 1 nitrogen and oxygen atoms in total. The highest BCUT2D eigenvalue weighted by Gasteiger charge is 2.31. The highest BCUT2D eigenvalue weighted by Crippen LogP contribution is 2.34. The number of halogens is 1. The summed E-state index contributed by atoms with van der Waals surface area (Å²) in [6.07, 6.45) is 4.10. The van der Waals surface area contributed by atoms with E-state index in [4.69, 9.17) is 0 Å². The fourth-order valence-electron chi connectivity index (χ4n) is 3.56. The molecule has 1 saturated carbocycles. The first-order valence-electron chi connectivity index (χ1n) is 7.99. The molecule has 4 atom stereocenters. The first-order chi connectivity index (χ1) is 9.47. The van der Waals surface area contributed by atoms with E-state index >= 15 is 0 Å². The molecule has 2 heteroatoms. The molecule has 0 heterocycles. The summed E-state index contributed by atoms with van der Waals surface area (Å²) in [4.78, 5) is 0. The van der Waals surface area contributed by atoms with Gasteiger partial charge in [0.05, 0.1) is 0 Å². The molecule has 1 N–H and O–H groups in total. The third-order valence-corrected chi connectivity index (χ3v) is 5.38. The topological polar surface area (TPSA) is 12.0 Å². The third-order valence-electron chi connectivity index (χ3n) is 4.86. The van der Waals surface area contributed by atoms with Crippen LogP contribution >= 0.6 is 15.9 Å². The molecular formula is C18H28BrN. The Morgan fingerprint density at radius 2 is 1.75 bits per heavy atom. The summed E-state index contributed by atoms with van der Waals surface area (Å²) in [6, 6.07) is 9.81. The van der Waals surface area contributed by atoms with Gasteiger partial charge in [-0.05, 0) is 55.2 Å². The maximum absolute atomic E-state index is 3.90. The van der Waals surface area contributed by atoms with E-state index in [0.29, 0.717) is 12.1 Å². The van der Waals surface area contributed by atoms with Crippen molar-refractivity contribution in [3.63, 3.8) is 0 Å². The summed E-state index contributed by atoms with van der Waals surface area (Å²) in [5.41, 5.74) is 1.38. The quantitative estimate of drug-likeness (QED) is 0.758. The molecular weight excluding hydrogens is 310 g/mol. The van der Waals surface area contributed by atoms with Gasteiger partial charge in [-0.25, -0.2) is 0 Å². The van der Waals surface area contributed by atoms with E-state index in [0.717, 1.165) is 22.2 Å². The summed E-state index contributed by atoms with van der Waals surface area (Å²) < 4.78 is 1.15. The molecule has 0 saturated heterocycles. The molecule has 3 unspecified atom stereocenters. The van der Waals surface area contributed by atoms with Crippen molar-refractivity contribution < 1.29 is 0 Å². The van der Waals surface area contributed by atoms with E-state index in [9.17, 15) is 0 Å². The second-order valence-electron chi connectivity index (χ2n) is 6.87. The molecule has 1 aromatic rings. The van der Waals surface area contributed by atoms with Crippen molar-refractivity contribution >= 4 is 15.9 Å². The van der Waals surface area contributed by atoms with E-state index in [1.807, 2.05) is 0 Å². The normalized spacial score (nSPS) is 28.6. The van der Waals surface area contributed by atoms with Crippen LogP contribution in [-0.2, 0) is 0 Å². The predicted octanol–water partition coefficient (Wildman–Crippen LogP) is 5.56. The minimum atomic E-state index is 0.430. The number of hydrogen-bond donors (Lipinski definition) is 1. The van der Waals surface area contributed by atoms with Crippen LogP contribution in [0.15, 0.2) is 28.7 Å². The maximum Gasteiger partial charge on any atom is 0.0294 e. The minimum Gasteiger partial charge on any atom is -0.307 e. The molecule has 0 aromatic heterocycles. The first kappa shape index (κ1) is 16.0. The van der Waals surface area contributed by atoms with E-state index in [1.54, 1.807) is 0 Å². The number of nitrogens with one attached hydrogen (secondary N) is 1. The molecule has 1 aliphatic rings. The molecule has 2 rings (SSSR count). The highest BCUT2D eigenvalue weighted by molar-refractivity contribution is 9.10. The van der Waals surface area contributed by atoms with Gasteiger partial charge in [0, 0.05) is 16.6 Å². The zero-order chi connectivity index (χ0) is 14.7. The average molecular weight is 338 g/mol. The maximum atomic E-state index is 3.90. The van der Waals surface area contributed by atoms with Crippen LogP contribution in [0.4, 0.5) is 0 Å². The molecule has 0 spiro atoms. The molecule has 112 valence electrons. The van der Waals surface area contributed by atoms with E-state index < -0.39 is 0 Å². The Labute approximate surface area is 132 Å². The van der Waals surface area contributed by atoms with Crippen LogP contribution in [0.25, 0.3) is 0 Å². The van der Waals surface area contributed by atoms with E-state index in [2.05, 4.69) is 73.2 Å². The Kier molecular flexibility index (Phi) is 5.68. The molecule has 0 radical (unpaired) electrons. The molecule has 0 bridgehead atoms. The summed E-state index contributed by atoms with van der Waals surface area (Å²) in [5, 5.41) is 3.90. The lowest BCUT2D eigenvalue weighted by molar-refractivity contribution is 0.161. The van der Waals surface area contributed by atoms with Crippen LogP contribution in [0.5, 0.6) is 0 Å². The van der Waals surface area contributed by atoms with Gasteiger partial charge in [-0.15, -0.1) is 0 Å². The molecule has 1 aromatic carbocycles. The van der Waals surface area contributed by atoms with Gasteiger partial charge in [0.1, 0.15) is 0 Å². The fourth-order valence-corrected chi connectivity index (χ4v) is 3.83. The van der Waals surface area contributed by atoms with Crippen LogP contribution < -0.4 is 5.32 Å². The third kappa shape index (κ3) is 4.08. The molecule has 0 amide bonds. The van der Waals surface area contributed by atoms with Crippen LogP contribution in [0, 0.1) is 17.8 Å². The summed E-state index contributed by atoms with van der Waals surface area (Å²) in [7, 11) is 0. The number of rotatable bonds is 4. The Morgan fingerprint density at radius 3 is 2.35 bits per heavy atom. The zero-order valence-corrected chi connectivity index (χ0v) is 14.8. The predicted molar refractivity (Wildman–Crippen MR) is 90.8 cm³/mol. The van der Waals surface area contributed by atoms with Gasteiger partial charge in [0.2, 0.25) is 0 Å². The summed E-state index contributed by atoms with van der Waals surface area (Å²) in [5.74, 6) is 2.46. The van der Waals surface area contributed by atoms with Crippen molar-refractivity contribution in [1.29, 1.82) is 0 Å². The zero-order valence-electron chi connectivity index (χ0n) is 13.2. The Morgan fingerprint density at radius 1 is 1.10 bits per heavy atom. The van der Waals surface area contributed by atoms with Crippen molar-refractivity contribution in [3.05, 3.63) is 34.3 Å². The SMILES string of the molecule is CC1CCC(C(C)C)C(N[C@H](C)c2ccc(Br)cc2)C1. The molecule has 1 fully saturated rings. The van der Waals surface area contributed by atoms with E-state index in [-0.39, 0.29) is 0 Å². The van der Waals surface area contributed by atoms with Gasteiger partial charge in [-0.1, -0.05) is 55.3 Å². The average Bonchev–Trinajstić information content (AvgIpc) is 2.39. The Hall–Kier alpha value is -0.340. The number of hydrogen-bond acceptors (Lipinski definition) is 1.